The van der Waals surface area contributed by atoms with Gasteiger partial charge in [0.1, 0.15) is 5.84 Å². The van der Waals surface area contributed by atoms with E-state index >= 15 is 0 Å². The van der Waals surface area contributed by atoms with Gasteiger partial charge in [0.25, 0.3) is 32.1 Å². The van der Waals surface area contributed by atoms with E-state index in [1.807, 2.05) is 20.8 Å². The van der Waals surface area contributed by atoms with Crippen molar-refractivity contribution in [1.29, 1.82) is 5.41 Å². The van der Waals surface area contributed by atoms with Gasteiger partial charge in [0, 0.05) is 34.6 Å². The number of carboxylic acids is 1. The Morgan fingerprint density at radius 3 is 1.70 bits per heavy atom. The third-order valence-corrected chi connectivity index (χ3v) is 5.32. The summed E-state index contributed by atoms with van der Waals surface area (Å²) in [5, 5.41) is 22.9. The molecule has 0 saturated heterocycles. The van der Waals surface area contributed by atoms with E-state index in [-0.39, 0.29) is 39.4 Å². The summed E-state index contributed by atoms with van der Waals surface area (Å²) in [5.74, 6) is -2.22. The first-order valence-electron chi connectivity index (χ1n) is 13.0. The number of nitrogens with one attached hydrogen (secondary N) is 3. The highest BCUT2D eigenvalue weighted by Crippen LogP contribution is 2.30. The predicted octanol–water partition coefficient (Wildman–Crippen LogP) is 2.95. The maximum absolute atomic E-state index is 13.2. The van der Waals surface area contributed by atoms with E-state index < -0.39 is 32.1 Å². The minimum absolute atomic E-state index is 0.0947. The number of carbonyl (C=O) groups is 3. The van der Waals surface area contributed by atoms with Crippen LogP contribution in [0.3, 0.4) is 0 Å². The summed E-state index contributed by atoms with van der Waals surface area (Å²) in [6.45, 7) is 6.35. The topological polar surface area (TPSA) is 280 Å². The highest BCUT2D eigenvalue weighted by Gasteiger charge is 2.21. The van der Waals surface area contributed by atoms with Gasteiger partial charge in [-0.1, -0.05) is 32.9 Å². The summed E-state index contributed by atoms with van der Waals surface area (Å²) < 4.78 is 51.7. The molecule has 0 aliphatic carbocycles. The molecular weight excluding hydrogens is 642 g/mol. The minimum Gasteiger partial charge on any atom is -0.478 e. The molecular formula is C29H37N5O10S2. The largest absolute Gasteiger partial charge is 0.478 e. The van der Waals surface area contributed by atoms with Crippen molar-refractivity contribution in [2.24, 2.45) is 11.1 Å². The van der Waals surface area contributed by atoms with Crippen LogP contribution in [0.25, 0.3) is 11.1 Å². The number of aromatic carboxylic acids is 1. The number of hydrogen-bond donors (Lipinski definition) is 8. The Labute approximate surface area is 267 Å². The monoisotopic (exact) mass is 679 g/mol. The maximum Gasteiger partial charge on any atom is 0.336 e. The third kappa shape index (κ3) is 15.2. The summed E-state index contributed by atoms with van der Waals surface area (Å²) in [5.41, 5.74) is 13.4. The zero-order valence-electron chi connectivity index (χ0n) is 25.7. The molecule has 0 aliphatic heterocycles. The second-order valence-corrected chi connectivity index (χ2v) is 14.0. The van der Waals surface area contributed by atoms with Gasteiger partial charge in [-0.15, -0.1) is 0 Å². The van der Waals surface area contributed by atoms with E-state index in [2.05, 4.69) is 10.6 Å². The Hall–Kier alpha value is -4.84. The van der Waals surface area contributed by atoms with Crippen LogP contribution < -0.4 is 22.1 Å². The SMILES string of the molecule is CC(C)(C)CNC(=O)c1ccc(-c2ccc(N)cc2C(=O)Nc2ccc(C(=N)N)cc2)c(C(=O)O)c1.CS(=O)(=O)O.CS(=O)(=O)O. The normalized spacial score (nSPS) is 11.1. The first-order valence-corrected chi connectivity index (χ1v) is 16.7. The number of anilines is 2. The number of rotatable bonds is 7. The van der Waals surface area contributed by atoms with Crippen molar-refractivity contribution in [3.05, 3.63) is 82.9 Å². The molecule has 3 rings (SSSR count). The van der Waals surface area contributed by atoms with Gasteiger partial charge >= 0.3 is 5.97 Å². The van der Waals surface area contributed by atoms with Gasteiger partial charge in [-0.3, -0.25) is 24.1 Å². The number of carboxylic acid groups (broad SMARTS) is 1. The summed E-state index contributed by atoms with van der Waals surface area (Å²) in [6.07, 6.45) is 1.43. The van der Waals surface area contributed by atoms with Crippen LogP contribution in [0.2, 0.25) is 0 Å². The zero-order valence-corrected chi connectivity index (χ0v) is 27.3. The molecule has 0 unspecified atom stereocenters. The number of amidine groups is 1. The van der Waals surface area contributed by atoms with Gasteiger partial charge in [0.05, 0.1) is 18.1 Å². The van der Waals surface area contributed by atoms with Gasteiger partial charge in [-0.25, -0.2) is 4.79 Å². The fourth-order valence-electron chi connectivity index (χ4n) is 3.46. The van der Waals surface area contributed by atoms with Crippen LogP contribution in [0.1, 0.15) is 57.4 Å². The van der Waals surface area contributed by atoms with Gasteiger partial charge in [-0.2, -0.15) is 16.8 Å². The molecule has 15 nitrogen and oxygen atoms in total. The minimum atomic E-state index is -3.67. The van der Waals surface area contributed by atoms with Gasteiger partial charge in [-0.05, 0) is 65.1 Å². The molecule has 0 heterocycles. The summed E-state index contributed by atoms with van der Waals surface area (Å²) in [7, 11) is -7.33. The summed E-state index contributed by atoms with van der Waals surface area (Å²) >= 11 is 0. The smallest absolute Gasteiger partial charge is 0.336 e. The number of amides is 2. The molecule has 250 valence electrons. The lowest BCUT2D eigenvalue weighted by Crippen LogP contribution is -2.32. The average molecular weight is 680 g/mol. The van der Waals surface area contributed by atoms with Gasteiger partial charge in [0.2, 0.25) is 0 Å². The lowest BCUT2D eigenvalue weighted by molar-refractivity contribution is 0.0697. The van der Waals surface area contributed by atoms with E-state index in [9.17, 15) is 36.3 Å². The van der Waals surface area contributed by atoms with Crippen LogP contribution in [-0.2, 0) is 20.2 Å². The van der Waals surface area contributed by atoms with Crippen molar-refractivity contribution >= 4 is 55.2 Å². The molecule has 3 aromatic rings. The van der Waals surface area contributed by atoms with Crippen LogP contribution in [-0.4, -0.2) is 73.7 Å². The lowest BCUT2D eigenvalue weighted by atomic mass is 9.92. The van der Waals surface area contributed by atoms with E-state index in [1.165, 1.54) is 24.3 Å². The first-order chi connectivity index (χ1) is 20.9. The van der Waals surface area contributed by atoms with Crippen LogP contribution in [0.15, 0.2) is 60.7 Å². The van der Waals surface area contributed by atoms with Crippen molar-refractivity contribution < 1.29 is 45.4 Å². The molecule has 0 atom stereocenters. The summed E-state index contributed by atoms with van der Waals surface area (Å²) in [4.78, 5) is 37.9. The fourth-order valence-corrected chi connectivity index (χ4v) is 3.46. The van der Waals surface area contributed by atoms with Crippen LogP contribution in [0, 0.1) is 10.8 Å². The number of benzene rings is 3. The molecule has 0 spiro atoms. The molecule has 10 N–H and O–H groups in total. The lowest BCUT2D eigenvalue weighted by Gasteiger charge is -2.19. The molecule has 3 aromatic carbocycles. The van der Waals surface area contributed by atoms with E-state index in [1.54, 1.807) is 36.4 Å². The van der Waals surface area contributed by atoms with E-state index in [0.29, 0.717) is 41.6 Å². The quantitative estimate of drug-likeness (QED) is 0.0774. The Morgan fingerprint density at radius 1 is 0.783 bits per heavy atom. The standard InChI is InChI=1S/C27H29N5O4.2CH4O3S/c1-27(2,3)14-31-24(33)16-6-10-20(22(12-16)26(35)36)19-11-7-17(28)13-21(19)25(34)32-18-8-4-15(5-9-18)23(29)30;2*1-5(2,3)4/h4-13H,14,28H2,1-3H3,(H3,29,30)(H,31,33)(H,32,34)(H,35,36);2*1H3,(H,2,3,4). The molecule has 17 heteroatoms. The van der Waals surface area contributed by atoms with Crippen molar-refractivity contribution in [2.75, 3.05) is 30.1 Å². The number of nitrogens with two attached hydrogens (primary N) is 2. The van der Waals surface area contributed by atoms with Crippen LogP contribution >= 0.6 is 0 Å². The number of carbonyl (C=O) groups excluding carboxylic acids is 2. The van der Waals surface area contributed by atoms with E-state index in [0.717, 1.165) is 0 Å². The van der Waals surface area contributed by atoms with Crippen molar-refractivity contribution in [2.45, 2.75) is 20.8 Å². The highest BCUT2D eigenvalue weighted by molar-refractivity contribution is 7.85. The Bertz CT molecular complexity index is 1770. The Morgan fingerprint density at radius 2 is 1.24 bits per heavy atom. The van der Waals surface area contributed by atoms with Crippen molar-refractivity contribution in [3.63, 3.8) is 0 Å². The maximum atomic E-state index is 13.2. The van der Waals surface area contributed by atoms with Crippen molar-refractivity contribution in [1.82, 2.24) is 5.32 Å². The van der Waals surface area contributed by atoms with Crippen LogP contribution in [0.4, 0.5) is 11.4 Å². The molecule has 0 aromatic heterocycles. The molecule has 0 saturated carbocycles. The third-order valence-electron chi connectivity index (χ3n) is 5.32. The molecule has 0 radical (unpaired) electrons. The van der Waals surface area contributed by atoms with E-state index in [4.69, 9.17) is 26.0 Å². The van der Waals surface area contributed by atoms with Crippen LogP contribution in [0.5, 0.6) is 0 Å². The molecule has 2 amide bonds. The number of hydrogen-bond acceptors (Lipinski definition) is 9. The Kier molecular flexibility index (Phi) is 13.6. The fraction of sp³-hybridized carbons (Fsp3) is 0.241. The molecule has 46 heavy (non-hydrogen) atoms. The molecule has 0 bridgehead atoms. The van der Waals surface area contributed by atoms with Gasteiger partial charge < -0.3 is 27.2 Å². The average Bonchev–Trinajstić information content (AvgIpc) is 2.89. The molecule has 0 fully saturated rings. The second kappa shape index (κ2) is 15.9. The zero-order chi connectivity index (χ0) is 35.6. The second-order valence-electron chi connectivity index (χ2n) is 11.0. The van der Waals surface area contributed by atoms with Crippen molar-refractivity contribution in [3.8, 4) is 11.1 Å². The number of nitrogen functional groups attached to an aromatic ring is 2. The predicted molar refractivity (Wildman–Crippen MR) is 175 cm³/mol. The summed E-state index contributed by atoms with van der Waals surface area (Å²) in [6, 6.07) is 15.4. The Balaban J connectivity index is 0.000000919. The molecule has 0 aliphatic rings. The van der Waals surface area contributed by atoms with Gasteiger partial charge in [0.15, 0.2) is 0 Å². The highest BCUT2D eigenvalue weighted by atomic mass is 32.2. The first kappa shape index (κ1) is 39.2.